The zero-order valence-corrected chi connectivity index (χ0v) is 21.1. The third-order valence-electron chi connectivity index (χ3n) is 5.51. The van der Waals surface area contributed by atoms with Crippen LogP contribution in [0, 0.1) is 0 Å². The van der Waals surface area contributed by atoms with E-state index >= 15 is 0 Å². The zero-order valence-electron chi connectivity index (χ0n) is 21.1. The summed E-state index contributed by atoms with van der Waals surface area (Å²) in [5.41, 5.74) is 3.84. The van der Waals surface area contributed by atoms with Gasteiger partial charge in [0.1, 0.15) is 28.6 Å². The van der Waals surface area contributed by atoms with E-state index in [1.54, 1.807) is 50.6 Å². The SMILES string of the molecule is CC(=O)c1ccc(O)c(CC=C(C)C)c1.COc1cccc(-c2cc(=O)c3ccc(OC)cc3o2)c1. The molecule has 4 aromatic rings. The molecule has 0 saturated carbocycles. The average Bonchev–Trinajstić information content (AvgIpc) is 2.88. The number of benzene rings is 3. The van der Waals surface area contributed by atoms with E-state index in [1.165, 1.54) is 18.6 Å². The van der Waals surface area contributed by atoms with Gasteiger partial charge in [-0.1, -0.05) is 23.8 Å². The first-order chi connectivity index (χ1) is 17.2. The van der Waals surface area contributed by atoms with Gasteiger partial charge in [0.05, 0.1) is 19.6 Å². The van der Waals surface area contributed by atoms with Gasteiger partial charge in [0.15, 0.2) is 11.2 Å². The van der Waals surface area contributed by atoms with Crippen LogP contribution in [0.15, 0.2) is 87.6 Å². The maximum atomic E-state index is 12.2. The maximum absolute atomic E-state index is 12.2. The van der Waals surface area contributed by atoms with Crippen molar-refractivity contribution < 1.29 is 23.8 Å². The number of aromatic hydroxyl groups is 1. The van der Waals surface area contributed by atoms with Gasteiger partial charge in [0.25, 0.3) is 0 Å². The monoisotopic (exact) mass is 486 g/mol. The van der Waals surface area contributed by atoms with Gasteiger partial charge in [-0.2, -0.15) is 0 Å². The second-order valence-corrected chi connectivity index (χ2v) is 8.45. The van der Waals surface area contributed by atoms with Crippen molar-refractivity contribution in [2.45, 2.75) is 27.2 Å². The van der Waals surface area contributed by atoms with E-state index in [0.717, 1.165) is 11.1 Å². The molecule has 0 amide bonds. The van der Waals surface area contributed by atoms with Gasteiger partial charge in [-0.25, -0.2) is 0 Å². The van der Waals surface area contributed by atoms with Crippen molar-refractivity contribution in [2.75, 3.05) is 14.2 Å². The molecule has 1 aromatic heterocycles. The molecule has 6 heteroatoms. The van der Waals surface area contributed by atoms with Crippen LogP contribution in [0.4, 0.5) is 0 Å². The van der Waals surface area contributed by atoms with Crippen LogP contribution < -0.4 is 14.9 Å². The number of Topliss-reactive ketones (excluding diaryl/α,β-unsaturated/α-hetero) is 1. The van der Waals surface area contributed by atoms with E-state index in [2.05, 4.69) is 0 Å². The summed E-state index contributed by atoms with van der Waals surface area (Å²) in [6, 6.07) is 19.0. The number of methoxy groups -OCH3 is 2. The summed E-state index contributed by atoms with van der Waals surface area (Å²) in [6.45, 7) is 5.54. The highest BCUT2D eigenvalue weighted by atomic mass is 16.5. The molecule has 0 atom stereocenters. The number of fused-ring (bicyclic) bond motifs is 1. The lowest BCUT2D eigenvalue weighted by atomic mass is 10.0. The number of phenolic OH excluding ortho intramolecular Hbond substituents is 1. The first-order valence-electron chi connectivity index (χ1n) is 11.4. The van der Waals surface area contributed by atoms with Crippen molar-refractivity contribution in [1.29, 1.82) is 0 Å². The molecule has 1 heterocycles. The van der Waals surface area contributed by atoms with E-state index in [4.69, 9.17) is 13.9 Å². The number of phenols is 1. The Balaban J connectivity index is 0.000000214. The van der Waals surface area contributed by atoms with Gasteiger partial charge in [0.2, 0.25) is 0 Å². The Kier molecular flexibility index (Phi) is 8.68. The number of allylic oxidation sites excluding steroid dienone is 2. The van der Waals surface area contributed by atoms with Gasteiger partial charge < -0.3 is 19.0 Å². The highest BCUT2D eigenvalue weighted by molar-refractivity contribution is 5.94. The molecule has 1 N–H and O–H groups in total. The predicted molar refractivity (Wildman–Crippen MR) is 142 cm³/mol. The highest BCUT2D eigenvalue weighted by Crippen LogP contribution is 2.27. The van der Waals surface area contributed by atoms with Crippen LogP contribution in [0.3, 0.4) is 0 Å². The number of carbonyl (C=O) groups excluding carboxylic acids is 1. The van der Waals surface area contributed by atoms with Crippen LogP contribution in [-0.2, 0) is 6.42 Å². The molecule has 6 nitrogen and oxygen atoms in total. The summed E-state index contributed by atoms with van der Waals surface area (Å²) in [4.78, 5) is 23.3. The number of ketones is 1. The lowest BCUT2D eigenvalue weighted by molar-refractivity contribution is 0.101. The van der Waals surface area contributed by atoms with Gasteiger partial charge in [-0.15, -0.1) is 0 Å². The topological polar surface area (TPSA) is 86.0 Å². The standard InChI is InChI=1S/C17H14O4.C13H16O2/c1-19-12-5-3-4-11(8-12)16-10-15(18)14-7-6-13(20-2)9-17(14)21-16;1-9(2)4-5-12-8-11(10(3)14)6-7-13(12)15/h3-10H,1-2H3;4,6-8,15H,5H2,1-3H3. The third-order valence-corrected chi connectivity index (χ3v) is 5.51. The minimum atomic E-state index is -0.0864. The van der Waals surface area contributed by atoms with E-state index in [1.807, 2.05) is 44.2 Å². The van der Waals surface area contributed by atoms with Crippen LogP contribution in [0.5, 0.6) is 17.2 Å². The molecule has 3 aromatic carbocycles. The van der Waals surface area contributed by atoms with Crippen LogP contribution in [0.1, 0.15) is 36.7 Å². The molecule has 0 aliphatic rings. The van der Waals surface area contributed by atoms with Gasteiger partial charge in [-0.05, 0) is 75.2 Å². The largest absolute Gasteiger partial charge is 0.508 e. The smallest absolute Gasteiger partial charge is 0.193 e. The molecule has 0 fully saturated rings. The van der Waals surface area contributed by atoms with E-state index in [9.17, 15) is 14.7 Å². The lowest BCUT2D eigenvalue weighted by Crippen LogP contribution is -2.00. The summed E-state index contributed by atoms with van der Waals surface area (Å²) in [5, 5.41) is 10.1. The second-order valence-electron chi connectivity index (χ2n) is 8.45. The molecule has 0 radical (unpaired) electrons. The molecule has 0 aliphatic carbocycles. The fraction of sp³-hybridized carbons (Fsp3) is 0.200. The molecule has 0 unspecified atom stereocenters. The molecule has 0 spiro atoms. The van der Waals surface area contributed by atoms with Crippen LogP contribution in [-0.4, -0.2) is 25.1 Å². The number of hydrogen-bond donors (Lipinski definition) is 1. The average molecular weight is 487 g/mol. The number of hydrogen-bond acceptors (Lipinski definition) is 6. The maximum Gasteiger partial charge on any atom is 0.193 e. The van der Waals surface area contributed by atoms with E-state index in [0.29, 0.717) is 40.2 Å². The summed E-state index contributed by atoms with van der Waals surface area (Å²) < 4.78 is 16.2. The Morgan fingerprint density at radius 3 is 2.31 bits per heavy atom. The Morgan fingerprint density at radius 2 is 1.64 bits per heavy atom. The first-order valence-corrected chi connectivity index (χ1v) is 11.4. The molecule has 0 bridgehead atoms. The summed E-state index contributed by atoms with van der Waals surface area (Å²) in [7, 11) is 3.17. The van der Waals surface area contributed by atoms with Crippen LogP contribution in [0.25, 0.3) is 22.3 Å². The number of ether oxygens (including phenoxy) is 2. The van der Waals surface area contributed by atoms with Crippen molar-refractivity contribution >= 4 is 16.8 Å². The van der Waals surface area contributed by atoms with Crippen molar-refractivity contribution in [2.24, 2.45) is 0 Å². The molecule has 36 heavy (non-hydrogen) atoms. The molecule has 0 saturated heterocycles. The Morgan fingerprint density at radius 1 is 0.917 bits per heavy atom. The molecule has 0 aliphatic heterocycles. The fourth-order valence-corrected chi connectivity index (χ4v) is 3.46. The number of carbonyl (C=O) groups is 1. The minimum Gasteiger partial charge on any atom is -0.508 e. The lowest BCUT2D eigenvalue weighted by Gasteiger charge is -2.06. The fourth-order valence-electron chi connectivity index (χ4n) is 3.46. The van der Waals surface area contributed by atoms with Gasteiger partial charge in [-0.3, -0.25) is 9.59 Å². The molecule has 186 valence electrons. The van der Waals surface area contributed by atoms with Crippen molar-refractivity contribution in [1.82, 2.24) is 0 Å². The summed E-state index contributed by atoms with van der Waals surface area (Å²) in [6.07, 6.45) is 2.69. The van der Waals surface area contributed by atoms with E-state index < -0.39 is 0 Å². The first kappa shape index (κ1) is 26.3. The van der Waals surface area contributed by atoms with Gasteiger partial charge >= 0.3 is 0 Å². The Labute approximate surface area is 210 Å². The van der Waals surface area contributed by atoms with Crippen molar-refractivity contribution in [3.63, 3.8) is 0 Å². The summed E-state index contributed by atoms with van der Waals surface area (Å²) in [5.74, 6) is 2.12. The van der Waals surface area contributed by atoms with Crippen molar-refractivity contribution in [3.8, 4) is 28.6 Å². The van der Waals surface area contributed by atoms with E-state index in [-0.39, 0.29) is 17.0 Å². The predicted octanol–water partition coefficient (Wildman–Crippen LogP) is 6.58. The van der Waals surface area contributed by atoms with Gasteiger partial charge in [0, 0.05) is 23.3 Å². The molecule has 4 rings (SSSR count). The quantitative estimate of drug-likeness (QED) is 0.245. The van der Waals surface area contributed by atoms with Crippen LogP contribution >= 0.6 is 0 Å². The second kappa shape index (κ2) is 11.9. The highest BCUT2D eigenvalue weighted by Gasteiger charge is 2.09. The molecular weight excluding hydrogens is 456 g/mol. The Hall–Kier alpha value is -4.32. The van der Waals surface area contributed by atoms with Crippen molar-refractivity contribution in [3.05, 3.63) is 99.7 Å². The zero-order chi connectivity index (χ0) is 26.2. The normalized spacial score (nSPS) is 10.2. The summed E-state index contributed by atoms with van der Waals surface area (Å²) >= 11 is 0. The third kappa shape index (κ3) is 6.63. The molecular formula is C30H30O6. The minimum absolute atomic E-state index is 0.0217. The van der Waals surface area contributed by atoms with Crippen LogP contribution in [0.2, 0.25) is 0 Å². The Bertz CT molecular complexity index is 1460. The number of rotatable bonds is 6.